The van der Waals surface area contributed by atoms with Crippen LogP contribution in [0.15, 0.2) is 115 Å². The molecule has 0 spiro atoms. The van der Waals surface area contributed by atoms with Gasteiger partial charge in [-0.1, -0.05) is 78.9 Å². The minimum absolute atomic E-state index is 0.474. The van der Waals surface area contributed by atoms with Crippen molar-refractivity contribution >= 4 is 21.8 Å². The lowest BCUT2D eigenvalue weighted by Gasteiger charge is -2.12. The van der Waals surface area contributed by atoms with E-state index in [0.29, 0.717) is 16.8 Å². The van der Waals surface area contributed by atoms with Crippen LogP contribution in [0.2, 0.25) is 0 Å². The van der Waals surface area contributed by atoms with E-state index in [1.165, 1.54) is 0 Å². The van der Waals surface area contributed by atoms with Crippen molar-refractivity contribution < 1.29 is 0 Å². The van der Waals surface area contributed by atoms with Crippen LogP contribution in [0, 0.1) is 22.7 Å². The molecule has 6 rings (SSSR count). The zero-order valence-corrected chi connectivity index (χ0v) is 18.8. The fourth-order valence-corrected chi connectivity index (χ4v) is 4.85. The number of rotatable bonds is 3. The fraction of sp³-hybridized carbons (Fsp3) is 0. The molecule has 0 radical (unpaired) electrons. The Hall–Kier alpha value is -5.12. The van der Waals surface area contributed by atoms with Crippen LogP contribution in [-0.4, -0.2) is 4.57 Å². The van der Waals surface area contributed by atoms with E-state index >= 15 is 0 Å². The average Bonchev–Trinajstić information content (AvgIpc) is 3.26. The normalized spacial score (nSPS) is 10.8. The molecule has 3 nitrogen and oxygen atoms in total. The Morgan fingerprint density at radius 3 is 1.34 bits per heavy atom. The summed E-state index contributed by atoms with van der Waals surface area (Å²) in [5.74, 6) is 0. The van der Waals surface area contributed by atoms with Crippen LogP contribution in [0.4, 0.5) is 0 Å². The summed E-state index contributed by atoms with van der Waals surface area (Å²) in [6.45, 7) is 0. The van der Waals surface area contributed by atoms with Crippen LogP contribution in [0.25, 0.3) is 49.7 Å². The van der Waals surface area contributed by atoms with Gasteiger partial charge in [-0.25, -0.2) is 0 Å². The predicted octanol–water partition coefficient (Wildman–Crippen LogP) is 7.86. The van der Waals surface area contributed by atoms with Crippen molar-refractivity contribution in [1.29, 1.82) is 10.5 Å². The second-order valence-corrected chi connectivity index (χ2v) is 8.46. The molecule has 0 aliphatic carbocycles. The molecule has 0 bridgehead atoms. The van der Waals surface area contributed by atoms with Crippen molar-refractivity contribution in [3.05, 3.63) is 126 Å². The standard InChI is InChI=1S/C32H19N3/c33-20-26-12-7-13-27(21-34)32(26)35-30-16-14-24(22-8-3-1-4-9-22)18-28(30)29-19-25(15-17-31(29)35)23-10-5-2-6-11-23/h1-19H. The first-order valence-electron chi connectivity index (χ1n) is 11.4. The van der Waals surface area contributed by atoms with Crippen molar-refractivity contribution in [2.75, 3.05) is 0 Å². The third-order valence-electron chi connectivity index (χ3n) is 6.48. The highest BCUT2D eigenvalue weighted by molar-refractivity contribution is 6.12. The first-order chi connectivity index (χ1) is 17.3. The number of para-hydroxylation sites is 1. The Kier molecular flexibility index (Phi) is 4.88. The Morgan fingerprint density at radius 1 is 0.457 bits per heavy atom. The van der Waals surface area contributed by atoms with Gasteiger partial charge >= 0.3 is 0 Å². The Balaban J connectivity index is 1.73. The molecule has 3 heteroatoms. The summed E-state index contributed by atoms with van der Waals surface area (Å²) < 4.78 is 2.06. The molecule has 162 valence electrons. The second-order valence-electron chi connectivity index (χ2n) is 8.46. The van der Waals surface area contributed by atoms with Crippen molar-refractivity contribution in [3.63, 3.8) is 0 Å². The van der Waals surface area contributed by atoms with Crippen molar-refractivity contribution in [1.82, 2.24) is 4.57 Å². The number of benzene rings is 5. The molecular formula is C32H19N3. The average molecular weight is 446 g/mol. The first-order valence-corrected chi connectivity index (χ1v) is 11.4. The topological polar surface area (TPSA) is 52.5 Å². The summed E-state index contributed by atoms with van der Waals surface area (Å²) in [7, 11) is 0. The molecule has 1 heterocycles. The quantitative estimate of drug-likeness (QED) is 0.278. The van der Waals surface area contributed by atoms with E-state index in [1.54, 1.807) is 18.2 Å². The van der Waals surface area contributed by atoms with Crippen molar-refractivity contribution in [2.45, 2.75) is 0 Å². The van der Waals surface area contributed by atoms with E-state index in [2.05, 4.69) is 77.4 Å². The predicted molar refractivity (Wildman–Crippen MR) is 141 cm³/mol. The molecule has 0 N–H and O–H groups in total. The van der Waals surface area contributed by atoms with Gasteiger partial charge in [0, 0.05) is 10.8 Å². The number of hydrogen-bond acceptors (Lipinski definition) is 2. The van der Waals surface area contributed by atoms with Crippen LogP contribution < -0.4 is 0 Å². The molecule has 0 amide bonds. The Morgan fingerprint density at radius 2 is 0.914 bits per heavy atom. The monoisotopic (exact) mass is 445 g/mol. The van der Waals surface area contributed by atoms with E-state index in [9.17, 15) is 10.5 Å². The van der Waals surface area contributed by atoms with Gasteiger partial charge in [0.25, 0.3) is 0 Å². The zero-order chi connectivity index (χ0) is 23.8. The number of aromatic nitrogens is 1. The van der Waals surface area contributed by atoms with Gasteiger partial charge in [0.05, 0.1) is 27.8 Å². The highest BCUT2D eigenvalue weighted by Gasteiger charge is 2.19. The maximum atomic E-state index is 9.89. The minimum atomic E-state index is 0.474. The van der Waals surface area contributed by atoms with Crippen LogP contribution in [0.5, 0.6) is 0 Å². The van der Waals surface area contributed by atoms with Crippen molar-refractivity contribution in [2.24, 2.45) is 0 Å². The summed E-state index contributed by atoms with van der Waals surface area (Å²) in [4.78, 5) is 0. The van der Waals surface area contributed by atoms with Crippen LogP contribution in [0.1, 0.15) is 11.1 Å². The molecule has 1 aromatic heterocycles. The van der Waals surface area contributed by atoms with Crippen LogP contribution in [-0.2, 0) is 0 Å². The summed E-state index contributed by atoms with van der Waals surface area (Å²) in [6.07, 6.45) is 0. The third-order valence-corrected chi connectivity index (χ3v) is 6.48. The van der Waals surface area contributed by atoms with E-state index in [4.69, 9.17) is 0 Å². The highest BCUT2D eigenvalue weighted by Crippen LogP contribution is 2.38. The zero-order valence-electron chi connectivity index (χ0n) is 18.8. The number of fused-ring (bicyclic) bond motifs is 3. The molecule has 0 saturated carbocycles. The van der Waals surface area contributed by atoms with Crippen LogP contribution >= 0.6 is 0 Å². The smallest absolute Gasteiger partial charge is 0.101 e. The Bertz CT molecular complexity index is 1670. The van der Waals surface area contributed by atoms with Gasteiger partial charge in [-0.2, -0.15) is 10.5 Å². The fourth-order valence-electron chi connectivity index (χ4n) is 4.85. The maximum Gasteiger partial charge on any atom is 0.101 e. The third kappa shape index (κ3) is 3.35. The number of nitrogens with zero attached hydrogens (tertiary/aromatic N) is 3. The second kappa shape index (κ2) is 8.34. The van der Waals surface area contributed by atoms with Crippen LogP contribution in [0.3, 0.4) is 0 Å². The van der Waals surface area contributed by atoms with E-state index < -0.39 is 0 Å². The van der Waals surface area contributed by atoms with E-state index in [-0.39, 0.29) is 0 Å². The lowest BCUT2D eigenvalue weighted by atomic mass is 10.0. The first kappa shape index (κ1) is 20.5. The molecule has 0 saturated heterocycles. The number of hydrogen-bond donors (Lipinski definition) is 0. The summed E-state index contributed by atoms with van der Waals surface area (Å²) in [5.41, 5.74) is 8.02. The summed E-state index contributed by atoms with van der Waals surface area (Å²) in [5, 5.41) is 21.9. The van der Waals surface area contributed by atoms with E-state index in [0.717, 1.165) is 44.1 Å². The molecule has 0 aliphatic rings. The molecular weight excluding hydrogens is 426 g/mol. The summed E-state index contributed by atoms with van der Waals surface area (Å²) >= 11 is 0. The molecule has 0 unspecified atom stereocenters. The largest absolute Gasteiger partial charge is 0.307 e. The number of nitriles is 2. The molecule has 5 aromatic carbocycles. The van der Waals surface area contributed by atoms with Gasteiger partial charge in [0.15, 0.2) is 0 Å². The molecule has 0 fully saturated rings. The highest BCUT2D eigenvalue weighted by atomic mass is 15.0. The van der Waals surface area contributed by atoms with Gasteiger partial charge in [-0.05, 0) is 58.7 Å². The molecule has 0 atom stereocenters. The van der Waals surface area contributed by atoms with Gasteiger partial charge < -0.3 is 4.57 Å². The summed E-state index contributed by atoms with van der Waals surface area (Å²) in [6, 6.07) is 43.3. The lowest BCUT2D eigenvalue weighted by Crippen LogP contribution is -2.01. The van der Waals surface area contributed by atoms with Gasteiger partial charge in [0.1, 0.15) is 12.1 Å². The van der Waals surface area contributed by atoms with Crippen molar-refractivity contribution in [3.8, 4) is 40.1 Å². The molecule has 35 heavy (non-hydrogen) atoms. The Labute approximate surface area is 203 Å². The molecule has 6 aromatic rings. The van der Waals surface area contributed by atoms with E-state index in [1.807, 2.05) is 36.4 Å². The van der Waals surface area contributed by atoms with Gasteiger partial charge in [-0.15, -0.1) is 0 Å². The maximum absolute atomic E-state index is 9.89. The van der Waals surface area contributed by atoms with Gasteiger partial charge in [0.2, 0.25) is 0 Å². The van der Waals surface area contributed by atoms with Gasteiger partial charge in [-0.3, -0.25) is 0 Å². The lowest BCUT2D eigenvalue weighted by molar-refractivity contribution is 1.15. The molecule has 0 aliphatic heterocycles. The minimum Gasteiger partial charge on any atom is -0.307 e. The SMILES string of the molecule is N#Cc1cccc(C#N)c1-n1c2ccc(-c3ccccc3)cc2c2cc(-c3ccccc3)ccc21.